The lowest BCUT2D eigenvalue weighted by Crippen LogP contribution is -2.26. The molecule has 0 amide bonds. The molecule has 5 nitrogen and oxygen atoms in total. The van der Waals surface area contributed by atoms with Gasteiger partial charge in [-0.15, -0.1) is 0 Å². The Kier molecular flexibility index (Phi) is 3.90. The van der Waals surface area contributed by atoms with E-state index in [1.165, 1.54) is 12.8 Å². The van der Waals surface area contributed by atoms with Crippen molar-refractivity contribution in [2.45, 2.75) is 32.4 Å². The Bertz CT molecular complexity index is 613. The summed E-state index contributed by atoms with van der Waals surface area (Å²) in [6, 6.07) is 10.4. The minimum Gasteiger partial charge on any atom is -0.478 e. The molecule has 0 spiro atoms. The minimum absolute atomic E-state index is 0.536. The quantitative estimate of drug-likeness (QED) is 0.826. The molecule has 1 heterocycles. The number of nitrogen functional groups attached to an aromatic ring is 1. The van der Waals surface area contributed by atoms with Crippen LogP contribution in [0.1, 0.15) is 25.3 Å². The molecule has 0 unspecified atom stereocenters. The van der Waals surface area contributed by atoms with Crippen molar-refractivity contribution in [1.82, 2.24) is 9.97 Å². The maximum absolute atomic E-state index is 6.06. The van der Waals surface area contributed by atoms with Gasteiger partial charge in [-0.05, 0) is 31.4 Å². The number of hydrogen-bond acceptors (Lipinski definition) is 5. The van der Waals surface area contributed by atoms with E-state index in [4.69, 9.17) is 10.5 Å². The first-order chi connectivity index (χ1) is 10.3. The Morgan fingerprint density at radius 1 is 1.29 bits per heavy atom. The Morgan fingerprint density at radius 2 is 2.10 bits per heavy atom. The highest BCUT2D eigenvalue weighted by Gasteiger charge is 2.30. The lowest BCUT2D eigenvalue weighted by Gasteiger charge is -2.24. The van der Waals surface area contributed by atoms with Crippen molar-refractivity contribution in [3.05, 3.63) is 42.2 Å². The molecule has 0 bridgehead atoms. The van der Waals surface area contributed by atoms with Gasteiger partial charge in [-0.2, -0.15) is 0 Å². The number of ether oxygens (including phenoxy) is 1. The number of anilines is 2. The highest BCUT2D eigenvalue weighted by molar-refractivity contribution is 5.51. The number of nitrogens with zero attached hydrogens (tertiary/aromatic N) is 3. The summed E-state index contributed by atoms with van der Waals surface area (Å²) in [4.78, 5) is 10.8. The predicted molar refractivity (Wildman–Crippen MR) is 83.3 cm³/mol. The average molecular weight is 284 g/mol. The standard InChI is InChI=1S/C16H20N4O/c1-2-21-16-9-15(18-11-19-16)20(13-7-8-13)10-12-5-3-4-6-14(12)17/h3-6,9,11,13H,2,7-8,10,17H2,1H3. The molecule has 2 aromatic rings. The summed E-state index contributed by atoms with van der Waals surface area (Å²) in [5.41, 5.74) is 8.01. The summed E-state index contributed by atoms with van der Waals surface area (Å²) in [5.74, 6) is 1.52. The number of hydrogen-bond donors (Lipinski definition) is 1. The van der Waals surface area contributed by atoms with E-state index in [0.29, 0.717) is 18.5 Å². The molecule has 1 aromatic heterocycles. The number of para-hydroxylation sites is 1. The lowest BCUT2D eigenvalue weighted by atomic mass is 10.1. The third-order valence-electron chi connectivity index (χ3n) is 3.60. The Labute approximate surface area is 124 Å². The van der Waals surface area contributed by atoms with Crippen LogP contribution in [-0.2, 0) is 6.54 Å². The highest BCUT2D eigenvalue weighted by Crippen LogP contribution is 2.33. The Hall–Kier alpha value is -2.30. The molecule has 1 saturated carbocycles. The maximum Gasteiger partial charge on any atom is 0.218 e. The molecule has 1 fully saturated rings. The van der Waals surface area contributed by atoms with E-state index in [1.807, 2.05) is 31.2 Å². The SMILES string of the molecule is CCOc1cc(N(Cc2ccccc2N)C2CC2)ncn1. The zero-order valence-corrected chi connectivity index (χ0v) is 12.2. The van der Waals surface area contributed by atoms with Crippen LogP contribution in [0, 0.1) is 0 Å². The fraction of sp³-hybridized carbons (Fsp3) is 0.375. The molecule has 110 valence electrons. The van der Waals surface area contributed by atoms with Crippen LogP contribution >= 0.6 is 0 Å². The normalized spacial score (nSPS) is 14.0. The molecule has 0 aliphatic heterocycles. The van der Waals surface area contributed by atoms with Gasteiger partial charge >= 0.3 is 0 Å². The third-order valence-corrected chi connectivity index (χ3v) is 3.60. The number of benzene rings is 1. The first-order valence-corrected chi connectivity index (χ1v) is 7.32. The van der Waals surface area contributed by atoms with Gasteiger partial charge in [0.15, 0.2) is 0 Å². The highest BCUT2D eigenvalue weighted by atomic mass is 16.5. The van der Waals surface area contributed by atoms with E-state index in [1.54, 1.807) is 6.33 Å². The first-order valence-electron chi connectivity index (χ1n) is 7.32. The molecule has 0 radical (unpaired) electrons. The topological polar surface area (TPSA) is 64.3 Å². The van der Waals surface area contributed by atoms with E-state index in [2.05, 4.69) is 20.9 Å². The van der Waals surface area contributed by atoms with Crippen LogP contribution in [0.4, 0.5) is 11.5 Å². The second-order valence-corrected chi connectivity index (χ2v) is 5.21. The zero-order valence-electron chi connectivity index (χ0n) is 12.2. The van der Waals surface area contributed by atoms with Gasteiger partial charge in [0.05, 0.1) is 6.61 Å². The fourth-order valence-electron chi connectivity index (χ4n) is 2.36. The summed E-state index contributed by atoms with van der Waals surface area (Å²) in [6.07, 6.45) is 3.95. The molecular formula is C16H20N4O. The van der Waals surface area contributed by atoms with Gasteiger partial charge in [-0.25, -0.2) is 9.97 Å². The van der Waals surface area contributed by atoms with Gasteiger partial charge in [0.1, 0.15) is 12.1 Å². The molecule has 1 aromatic carbocycles. The first kappa shape index (κ1) is 13.7. The van der Waals surface area contributed by atoms with E-state index in [-0.39, 0.29) is 0 Å². The van der Waals surface area contributed by atoms with Crippen molar-refractivity contribution in [2.75, 3.05) is 17.2 Å². The third kappa shape index (κ3) is 3.24. The Morgan fingerprint density at radius 3 is 2.81 bits per heavy atom. The predicted octanol–water partition coefficient (Wildman–Crippen LogP) is 2.63. The van der Waals surface area contributed by atoms with Crippen LogP contribution in [-0.4, -0.2) is 22.6 Å². The lowest BCUT2D eigenvalue weighted by molar-refractivity contribution is 0.326. The van der Waals surface area contributed by atoms with Crippen LogP contribution in [0.3, 0.4) is 0 Å². The molecule has 1 aliphatic rings. The molecule has 3 rings (SSSR count). The fourth-order valence-corrected chi connectivity index (χ4v) is 2.36. The minimum atomic E-state index is 0.536. The summed E-state index contributed by atoms with van der Waals surface area (Å²) < 4.78 is 5.47. The largest absolute Gasteiger partial charge is 0.478 e. The molecule has 0 atom stereocenters. The van der Waals surface area contributed by atoms with Gasteiger partial charge in [0.25, 0.3) is 0 Å². The molecule has 1 aliphatic carbocycles. The number of nitrogens with two attached hydrogens (primary N) is 1. The van der Waals surface area contributed by atoms with Crippen LogP contribution in [0.25, 0.3) is 0 Å². The second-order valence-electron chi connectivity index (χ2n) is 5.21. The average Bonchev–Trinajstić information content (AvgIpc) is 3.32. The number of rotatable bonds is 6. The monoisotopic (exact) mass is 284 g/mol. The molecule has 2 N–H and O–H groups in total. The van der Waals surface area contributed by atoms with Crippen molar-refractivity contribution in [3.63, 3.8) is 0 Å². The van der Waals surface area contributed by atoms with E-state index < -0.39 is 0 Å². The molecule has 21 heavy (non-hydrogen) atoms. The van der Waals surface area contributed by atoms with Gasteiger partial charge in [0, 0.05) is 24.3 Å². The van der Waals surface area contributed by atoms with Crippen molar-refractivity contribution >= 4 is 11.5 Å². The van der Waals surface area contributed by atoms with Gasteiger partial charge in [0.2, 0.25) is 5.88 Å². The molecule has 5 heteroatoms. The summed E-state index contributed by atoms with van der Waals surface area (Å²) in [6.45, 7) is 3.32. The summed E-state index contributed by atoms with van der Waals surface area (Å²) >= 11 is 0. The van der Waals surface area contributed by atoms with Gasteiger partial charge < -0.3 is 15.4 Å². The molecule has 0 saturated heterocycles. The van der Waals surface area contributed by atoms with Crippen molar-refractivity contribution < 1.29 is 4.74 Å². The second kappa shape index (κ2) is 5.99. The zero-order chi connectivity index (χ0) is 14.7. The van der Waals surface area contributed by atoms with Gasteiger partial charge in [-0.3, -0.25) is 0 Å². The molecular weight excluding hydrogens is 264 g/mol. The van der Waals surface area contributed by atoms with E-state index in [9.17, 15) is 0 Å². The maximum atomic E-state index is 6.06. The Balaban J connectivity index is 1.85. The van der Waals surface area contributed by atoms with Crippen LogP contribution in [0.15, 0.2) is 36.7 Å². The summed E-state index contributed by atoms with van der Waals surface area (Å²) in [7, 11) is 0. The van der Waals surface area contributed by atoms with Crippen LogP contribution < -0.4 is 15.4 Å². The van der Waals surface area contributed by atoms with Crippen LogP contribution in [0.5, 0.6) is 5.88 Å². The van der Waals surface area contributed by atoms with E-state index in [0.717, 1.165) is 23.6 Å². The van der Waals surface area contributed by atoms with E-state index >= 15 is 0 Å². The van der Waals surface area contributed by atoms with Crippen molar-refractivity contribution in [1.29, 1.82) is 0 Å². The smallest absolute Gasteiger partial charge is 0.218 e. The summed E-state index contributed by atoms with van der Waals surface area (Å²) in [5, 5.41) is 0. The number of aromatic nitrogens is 2. The van der Waals surface area contributed by atoms with Crippen molar-refractivity contribution in [3.8, 4) is 5.88 Å². The van der Waals surface area contributed by atoms with Gasteiger partial charge in [-0.1, -0.05) is 18.2 Å². The van der Waals surface area contributed by atoms with Crippen LogP contribution in [0.2, 0.25) is 0 Å². The van der Waals surface area contributed by atoms with Crippen molar-refractivity contribution in [2.24, 2.45) is 0 Å².